The van der Waals surface area contributed by atoms with Gasteiger partial charge in [0.05, 0.1) is 11.5 Å². The van der Waals surface area contributed by atoms with Crippen LogP contribution in [0.3, 0.4) is 0 Å². The molecule has 132 valence electrons. The molecule has 0 radical (unpaired) electrons. The molecule has 0 aromatic heterocycles. The van der Waals surface area contributed by atoms with Crippen LogP contribution >= 0.6 is 34.2 Å². The van der Waals surface area contributed by atoms with Crippen molar-refractivity contribution in [3.63, 3.8) is 0 Å². The van der Waals surface area contributed by atoms with Crippen molar-refractivity contribution in [2.45, 2.75) is 25.7 Å². The first kappa shape index (κ1) is 20.9. The Labute approximate surface area is 152 Å². The van der Waals surface area contributed by atoms with E-state index in [9.17, 15) is 16.8 Å². The van der Waals surface area contributed by atoms with Crippen molar-refractivity contribution < 1.29 is 16.8 Å². The predicted molar refractivity (Wildman–Crippen MR) is 98.8 cm³/mol. The van der Waals surface area contributed by atoms with Gasteiger partial charge in [-0.05, 0) is 25.7 Å². The lowest BCUT2D eigenvalue weighted by atomic mass is 10.3. The fourth-order valence-electron chi connectivity index (χ4n) is 2.37. The van der Waals surface area contributed by atoms with Crippen LogP contribution in [0.1, 0.15) is 25.7 Å². The summed E-state index contributed by atoms with van der Waals surface area (Å²) in [5, 5.41) is 0. The van der Waals surface area contributed by atoms with Crippen LogP contribution in [0.2, 0.25) is 0 Å². The number of alkyl halides is 2. The number of sulfonamides is 2. The van der Waals surface area contributed by atoms with Crippen LogP contribution in [0.4, 0.5) is 0 Å². The van der Waals surface area contributed by atoms with E-state index >= 15 is 0 Å². The smallest absolute Gasteiger partial charge is 0.212 e. The fraction of sp³-hybridized carbons (Fsp3) is 1.00. The first-order chi connectivity index (χ1) is 10.3. The lowest BCUT2D eigenvalue weighted by molar-refractivity contribution is 0.399. The maximum atomic E-state index is 11.3. The Bertz CT molecular complexity index is 475. The topological polar surface area (TPSA) is 74.8 Å². The minimum Gasteiger partial charge on any atom is -0.212 e. The molecule has 0 N–H and O–H groups in total. The summed E-state index contributed by atoms with van der Waals surface area (Å²) in [6, 6.07) is 0. The minimum absolute atomic E-state index is 0.296. The molecule has 0 bridgehead atoms. The van der Waals surface area contributed by atoms with Crippen LogP contribution in [0.5, 0.6) is 0 Å². The average Bonchev–Trinajstić information content (AvgIpc) is 2.44. The highest BCUT2D eigenvalue weighted by molar-refractivity contribution is 14.1. The van der Waals surface area contributed by atoms with Crippen LogP contribution in [0.25, 0.3) is 0 Å². The summed E-state index contributed by atoms with van der Waals surface area (Å²) < 4.78 is 49.0. The second kappa shape index (κ2) is 9.97. The van der Waals surface area contributed by atoms with Crippen molar-refractivity contribution in [1.29, 1.82) is 0 Å². The van der Waals surface area contributed by atoms with Crippen LogP contribution in [-0.2, 0) is 20.0 Å². The molecule has 2 saturated heterocycles. The Morgan fingerprint density at radius 2 is 1.27 bits per heavy atom. The molecule has 0 aromatic carbocycles. The zero-order valence-electron chi connectivity index (χ0n) is 12.6. The summed E-state index contributed by atoms with van der Waals surface area (Å²) in [6.45, 7) is 2.52. The van der Waals surface area contributed by atoms with Gasteiger partial charge < -0.3 is 0 Å². The lowest BCUT2D eigenvalue weighted by Gasteiger charge is -2.25. The van der Waals surface area contributed by atoms with Crippen molar-refractivity contribution in [3.8, 4) is 0 Å². The second-order valence-electron chi connectivity index (χ2n) is 5.22. The van der Waals surface area contributed by atoms with Gasteiger partial charge in [-0.1, -0.05) is 22.6 Å². The average molecular weight is 487 g/mol. The fourth-order valence-corrected chi connectivity index (χ4v) is 6.79. The maximum absolute atomic E-state index is 11.3. The van der Waals surface area contributed by atoms with E-state index < -0.39 is 20.0 Å². The van der Waals surface area contributed by atoms with Crippen molar-refractivity contribution in [1.82, 2.24) is 8.61 Å². The third kappa shape index (κ3) is 6.76. The molecule has 0 saturated carbocycles. The molecular formula is C12H24ClIN2O4S2. The molecule has 22 heavy (non-hydrogen) atoms. The summed E-state index contributed by atoms with van der Waals surface area (Å²) in [6.07, 6.45) is 3.62. The van der Waals surface area contributed by atoms with Crippen LogP contribution in [0, 0.1) is 0 Å². The molecule has 2 heterocycles. The van der Waals surface area contributed by atoms with Gasteiger partial charge >= 0.3 is 0 Å². The first-order valence-electron chi connectivity index (χ1n) is 7.41. The largest absolute Gasteiger partial charge is 0.214 e. The van der Waals surface area contributed by atoms with Gasteiger partial charge in [0.2, 0.25) is 20.0 Å². The monoisotopic (exact) mass is 486 g/mol. The van der Waals surface area contributed by atoms with Gasteiger partial charge in [0.15, 0.2) is 0 Å². The highest BCUT2D eigenvalue weighted by Crippen LogP contribution is 2.13. The summed E-state index contributed by atoms with van der Waals surface area (Å²) in [5.74, 6) is 1.03. The van der Waals surface area contributed by atoms with Gasteiger partial charge in [-0.2, -0.15) is 0 Å². The normalized spacial score (nSPS) is 25.2. The predicted octanol–water partition coefficient (Wildman–Crippen LogP) is 1.50. The number of hydrogen-bond donors (Lipinski definition) is 0. The Hall–Kier alpha value is 0.840. The van der Waals surface area contributed by atoms with E-state index in [2.05, 4.69) is 22.6 Å². The molecule has 0 atom stereocenters. The minimum atomic E-state index is -2.94. The third-order valence-electron chi connectivity index (χ3n) is 3.57. The van der Waals surface area contributed by atoms with Crippen molar-refractivity contribution in [2.75, 3.05) is 48.0 Å². The number of halogens is 2. The summed E-state index contributed by atoms with van der Waals surface area (Å²) >= 11 is 7.66. The highest BCUT2D eigenvalue weighted by atomic mass is 127. The Morgan fingerprint density at radius 1 is 0.818 bits per heavy atom. The number of hydrogen-bond acceptors (Lipinski definition) is 4. The van der Waals surface area contributed by atoms with Crippen LogP contribution in [-0.4, -0.2) is 73.4 Å². The quantitative estimate of drug-likeness (QED) is 0.446. The Kier molecular flexibility index (Phi) is 9.47. The van der Waals surface area contributed by atoms with E-state index in [1.165, 1.54) is 4.31 Å². The van der Waals surface area contributed by atoms with E-state index in [-0.39, 0.29) is 0 Å². The van der Waals surface area contributed by atoms with Crippen molar-refractivity contribution in [2.24, 2.45) is 0 Å². The number of rotatable bonds is 4. The van der Waals surface area contributed by atoms with Gasteiger partial charge in [0.1, 0.15) is 0 Å². The SMILES string of the molecule is O=S1(=O)CCCCN1CCCl.O=S1(=O)CCCCN1CCI. The molecule has 0 amide bonds. The first-order valence-corrected chi connectivity index (χ1v) is 12.7. The van der Waals surface area contributed by atoms with Crippen LogP contribution < -0.4 is 0 Å². The molecule has 6 nitrogen and oxygen atoms in total. The molecule has 2 fully saturated rings. The second-order valence-corrected chi connectivity index (χ2v) is 10.9. The molecule has 10 heteroatoms. The van der Waals surface area contributed by atoms with E-state index in [0.29, 0.717) is 37.0 Å². The van der Waals surface area contributed by atoms with E-state index in [0.717, 1.165) is 36.7 Å². The standard InChI is InChI=1S/C6H12ClNO2S.C6H12INO2S/c2*7-3-5-8-4-1-2-6-11(8,9)10/h2*1-6H2. The Balaban J connectivity index is 0.000000220. The molecule has 0 aromatic rings. The molecule has 0 unspecified atom stereocenters. The molecule has 0 spiro atoms. The Morgan fingerprint density at radius 3 is 1.64 bits per heavy atom. The van der Waals surface area contributed by atoms with Crippen molar-refractivity contribution in [3.05, 3.63) is 0 Å². The lowest BCUT2D eigenvalue weighted by Crippen LogP contribution is -2.38. The van der Waals surface area contributed by atoms with E-state index in [1.807, 2.05) is 0 Å². The van der Waals surface area contributed by atoms with Crippen molar-refractivity contribution >= 4 is 54.2 Å². The van der Waals surface area contributed by atoms with Gasteiger partial charge in [-0.3, -0.25) is 0 Å². The molecular weight excluding hydrogens is 463 g/mol. The third-order valence-corrected chi connectivity index (χ3v) is 8.14. The highest BCUT2D eigenvalue weighted by Gasteiger charge is 2.25. The number of nitrogens with zero attached hydrogens (tertiary/aromatic N) is 2. The van der Waals surface area contributed by atoms with E-state index in [1.54, 1.807) is 4.31 Å². The van der Waals surface area contributed by atoms with E-state index in [4.69, 9.17) is 11.6 Å². The van der Waals surface area contributed by atoms with Gasteiger partial charge in [-0.25, -0.2) is 25.4 Å². The zero-order valence-corrected chi connectivity index (χ0v) is 17.1. The zero-order chi connectivity index (χ0) is 16.6. The molecule has 0 aliphatic carbocycles. The van der Waals surface area contributed by atoms with Gasteiger partial charge in [-0.15, -0.1) is 11.6 Å². The molecule has 2 rings (SSSR count). The summed E-state index contributed by atoms with van der Waals surface area (Å²) in [4.78, 5) is 0. The van der Waals surface area contributed by atoms with Gasteiger partial charge in [0.25, 0.3) is 0 Å². The van der Waals surface area contributed by atoms with Crippen LogP contribution in [0.15, 0.2) is 0 Å². The molecule has 2 aliphatic rings. The van der Waals surface area contributed by atoms with Gasteiger partial charge in [0, 0.05) is 36.5 Å². The molecule has 2 aliphatic heterocycles. The summed E-state index contributed by atoms with van der Waals surface area (Å²) in [7, 11) is -5.79. The maximum Gasteiger partial charge on any atom is 0.214 e. The summed E-state index contributed by atoms with van der Waals surface area (Å²) in [5.41, 5.74) is 0.